The molecule has 1 aliphatic heterocycles. The van der Waals surface area contributed by atoms with Gasteiger partial charge in [0, 0.05) is 13.8 Å². The Morgan fingerprint density at radius 2 is 1.75 bits per heavy atom. The number of halogens is 3. The first-order valence-electron chi connectivity index (χ1n) is 3.26. The van der Waals surface area contributed by atoms with Gasteiger partial charge in [-0.05, 0) is 0 Å². The highest BCUT2D eigenvalue weighted by Gasteiger charge is 2.36. The predicted molar refractivity (Wildman–Crippen MR) is 38.1 cm³/mol. The smallest absolute Gasteiger partial charge is 0.166 e. The van der Waals surface area contributed by atoms with Crippen molar-refractivity contribution >= 4 is 5.71 Å². The summed E-state index contributed by atoms with van der Waals surface area (Å²) in [4.78, 5) is 3.74. The van der Waals surface area contributed by atoms with Crippen molar-refractivity contribution in [1.82, 2.24) is 4.99 Å². The van der Waals surface area contributed by atoms with Crippen LogP contribution in [0.15, 0.2) is 11.3 Å². The van der Waals surface area contributed by atoms with E-state index in [4.69, 9.17) is 0 Å². The maximum absolute atomic E-state index is 12.1. The molecule has 0 aromatic rings. The van der Waals surface area contributed by atoms with Crippen LogP contribution in [0.3, 0.4) is 0 Å². The van der Waals surface area contributed by atoms with Crippen LogP contribution < -0.4 is 4.99 Å². The Hall–Kier alpha value is -1.06. The molecular formula is C8H6F3N+. The predicted octanol–water partition coefficient (Wildman–Crippen LogP) is 1.80. The molecule has 0 bridgehead atoms. The zero-order valence-corrected chi connectivity index (χ0v) is 6.58. The Labute approximate surface area is 68.3 Å². The summed E-state index contributed by atoms with van der Waals surface area (Å²) in [6.45, 7) is 2.94. The summed E-state index contributed by atoms with van der Waals surface area (Å²) >= 11 is 0. The molecule has 0 aliphatic carbocycles. The normalized spacial score (nSPS) is 18.2. The third-order valence-electron chi connectivity index (χ3n) is 1.23. The van der Waals surface area contributed by atoms with Crippen molar-refractivity contribution in [3.05, 3.63) is 23.4 Å². The number of hydrogen-bond acceptors (Lipinski definition) is 1. The van der Waals surface area contributed by atoms with E-state index in [0.29, 0.717) is 0 Å². The third kappa shape index (κ3) is 1.96. The second-order valence-electron chi connectivity index (χ2n) is 2.41. The van der Waals surface area contributed by atoms with Crippen molar-refractivity contribution in [2.24, 2.45) is 0 Å². The van der Waals surface area contributed by atoms with E-state index >= 15 is 0 Å². The van der Waals surface area contributed by atoms with Gasteiger partial charge in [-0.3, -0.25) is 0 Å². The number of allylic oxidation sites excluding steroid dienone is 4. The van der Waals surface area contributed by atoms with Gasteiger partial charge in [0.15, 0.2) is 0 Å². The van der Waals surface area contributed by atoms with E-state index in [1.165, 1.54) is 13.8 Å². The summed E-state index contributed by atoms with van der Waals surface area (Å²) in [5, 5.41) is 0. The molecular weight excluding hydrogens is 167 g/mol. The Balaban J connectivity index is 3.04. The van der Waals surface area contributed by atoms with Gasteiger partial charge >= 0.3 is 6.18 Å². The second-order valence-corrected chi connectivity index (χ2v) is 2.41. The van der Waals surface area contributed by atoms with Gasteiger partial charge in [0.25, 0.3) is 11.4 Å². The summed E-state index contributed by atoms with van der Waals surface area (Å²) in [5.41, 5.74) is -0.412. The molecule has 1 heterocycles. The summed E-state index contributed by atoms with van der Waals surface area (Å²) in [7, 11) is 0. The molecule has 63 valence electrons. The van der Waals surface area contributed by atoms with E-state index in [2.05, 4.69) is 17.1 Å². The topological polar surface area (TPSA) is 14.1 Å². The van der Waals surface area contributed by atoms with Crippen molar-refractivity contribution in [1.29, 1.82) is 0 Å². The van der Waals surface area contributed by atoms with Crippen LogP contribution in [-0.2, 0) is 0 Å². The van der Waals surface area contributed by atoms with E-state index in [1.54, 1.807) is 0 Å². The van der Waals surface area contributed by atoms with Crippen molar-refractivity contribution in [2.45, 2.75) is 20.0 Å². The molecule has 1 aliphatic rings. The summed E-state index contributed by atoms with van der Waals surface area (Å²) in [6.07, 6.45) is -0.184. The van der Waals surface area contributed by atoms with Crippen LogP contribution in [0.25, 0.3) is 0 Å². The largest absolute Gasteiger partial charge is 0.418 e. The monoisotopic (exact) mass is 173 g/mol. The second kappa shape index (κ2) is 2.77. The zero-order chi connectivity index (χ0) is 9.35. The van der Waals surface area contributed by atoms with Gasteiger partial charge in [-0.25, -0.2) is 0 Å². The fourth-order valence-corrected chi connectivity index (χ4v) is 0.842. The standard InChI is InChI=1S/C8H6F3N/c1-5-3-7(8(9,10)11)4-6(2)12-5/h1-2H3/q+1. The Morgan fingerprint density at radius 3 is 2.17 bits per heavy atom. The Kier molecular flexibility index (Phi) is 2.08. The summed E-state index contributed by atoms with van der Waals surface area (Å²) < 4.78 is 36.2. The number of hydrogen-bond donors (Lipinski definition) is 0. The van der Waals surface area contributed by atoms with Gasteiger partial charge in [-0.1, -0.05) is 0 Å². The lowest BCUT2D eigenvalue weighted by atomic mass is 10.1. The van der Waals surface area contributed by atoms with Gasteiger partial charge in [-0.2, -0.15) is 13.2 Å². The van der Waals surface area contributed by atoms with Crippen LogP contribution in [-0.4, -0.2) is 11.9 Å². The minimum atomic E-state index is -4.38. The van der Waals surface area contributed by atoms with Crippen molar-refractivity contribution in [3.63, 3.8) is 0 Å². The van der Waals surface area contributed by atoms with Crippen LogP contribution in [0.5, 0.6) is 0 Å². The molecule has 1 rings (SSSR count). The quantitative estimate of drug-likeness (QED) is 0.530. The highest BCUT2D eigenvalue weighted by molar-refractivity contribution is 5.90. The Bertz CT molecular complexity index is 278. The van der Waals surface area contributed by atoms with E-state index in [9.17, 15) is 13.2 Å². The molecule has 0 saturated heterocycles. The minimum absolute atomic E-state index is 0.235. The molecule has 3 radical (unpaired) electrons. The SMILES string of the molecule is CC1=[C]C(C(F)(F)F)=[C]C(C)=[N+]1. The molecule has 12 heavy (non-hydrogen) atoms. The van der Waals surface area contributed by atoms with Crippen LogP contribution in [0, 0.1) is 12.2 Å². The van der Waals surface area contributed by atoms with Gasteiger partial charge in [0.2, 0.25) is 0 Å². The first-order valence-corrected chi connectivity index (χ1v) is 3.26. The number of nitrogens with zero attached hydrogens (tertiary/aromatic N) is 1. The number of rotatable bonds is 0. The first kappa shape index (κ1) is 9.03. The van der Waals surface area contributed by atoms with Gasteiger partial charge in [0.1, 0.15) is 0 Å². The van der Waals surface area contributed by atoms with Crippen LogP contribution in [0.4, 0.5) is 13.2 Å². The fourth-order valence-electron chi connectivity index (χ4n) is 0.842. The van der Waals surface area contributed by atoms with E-state index in [-0.39, 0.29) is 11.4 Å². The molecule has 1 nitrogen and oxygen atoms in total. The molecule has 0 amide bonds. The van der Waals surface area contributed by atoms with Gasteiger partial charge in [-0.15, -0.1) is 0 Å². The maximum Gasteiger partial charge on any atom is 0.418 e. The molecule has 0 unspecified atom stereocenters. The molecule has 0 aromatic carbocycles. The van der Waals surface area contributed by atoms with Crippen LogP contribution in [0.2, 0.25) is 0 Å². The zero-order valence-electron chi connectivity index (χ0n) is 6.58. The molecule has 4 heteroatoms. The van der Waals surface area contributed by atoms with Crippen LogP contribution >= 0.6 is 0 Å². The van der Waals surface area contributed by atoms with Gasteiger partial charge in [0.05, 0.1) is 22.7 Å². The van der Waals surface area contributed by atoms with Crippen molar-refractivity contribution < 1.29 is 13.2 Å². The van der Waals surface area contributed by atoms with E-state index in [1.807, 2.05) is 0 Å². The van der Waals surface area contributed by atoms with E-state index < -0.39 is 11.7 Å². The summed E-state index contributed by atoms with van der Waals surface area (Å²) in [5.74, 6) is 0. The first-order chi connectivity index (χ1) is 5.39. The third-order valence-corrected chi connectivity index (χ3v) is 1.23. The lowest BCUT2D eigenvalue weighted by Crippen LogP contribution is -2.17. The average Bonchev–Trinajstić information content (AvgIpc) is 1.82. The maximum atomic E-state index is 12.1. The highest BCUT2D eigenvalue weighted by atomic mass is 19.4. The van der Waals surface area contributed by atoms with Crippen LogP contribution in [0.1, 0.15) is 13.8 Å². The van der Waals surface area contributed by atoms with Gasteiger partial charge < -0.3 is 0 Å². The molecule has 0 atom stereocenters. The van der Waals surface area contributed by atoms with Crippen molar-refractivity contribution in [3.8, 4) is 0 Å². The molecule has 0 saturated carbocycles. The molecule has 0 spiro atoms. The molecule has 0 aromatic heterocycles. The van der Waals surface area contributed by atoms with E-state index in [0.717, 1.165) is 0 Å². The highest BCUT2D eigenvalue weighted by Crippen LogP contribution is 2.27. The number of aliphatic imine (C=N–C) groups is 1. The Morgan fingerprint density at radius 1 is 1.17 bits per heavy atom. The lowest BCUT2D eigenvalue weighted by Gasteiger charge is -2.05. The van der Waals surface area contributed by atoms with Crippen molar-refractivity contribution in [2.75, 3.05) is 0 Å². The molecule has 0 N–H and O–H groups in total. The summed E-state index contributed by atoms with van der Waals surface area (Å²) in [6, 6.07) is 0. The molecule has 0 fully saturated rings. The fraction of sp³-hybridized carbons (Fsp3) is 0.375. The number of alkyl halides is 3. The average molecular weight is 173 g/mol. The minimum Gasteiger partial charge on any atom is -0.166 e. The lowest BCUT2D eigenvalue weighted by molar-refractivity contribution is -0.0894.